The monoisotopic (exact) mass is 290 g/mol. The Morgan fingerprint density at radius 3 is 2.48 bits per heavy atom. The molecule has 112 valence electrons. The minimum atomic E-state index is -0.646. The highest BCUT2D eigenvalue weighted by Crippen LogP contribution is 2.35. The van der Waals surface area contributed by atoms with Gasteiger partial charge in [0.25, 0.3) is 0 Å². The molecule has 21 heavy (non-hydrogen) atoms. The first-order chi connectivity index (χ1) is 9.99. The zero-order valence-electron chi connectivity index (χ0n) is 12.0. The molecule has 2 amide bonds. The average Bonchev–Trinajstić information content (AvgIpc) is 2.87. The molecule has 1 fully saturated rings. The molecule has 6 nitrogen and oxygen atoms in total. The number of hydrogen-bond donors (Lipinski definition) is 2. The molecule has 1 aliphatic rings. The van der Waals surface area contributed by atoms with Crippen molar-refractivity contribution in [3.63, 3.8) is 0 Å². The van der Waals surface area contributed by atoms with Crippen molar-refractivity contribution < 1.29 is 19.1 Å². The lowest BCUT2D eigenvalue weighted by molar-refractivity contribution is -0.142. The van der Waals surface area contributed by atoms with Crippen molar-refractivity contribution >= 4 is 17.8 Å². The molecule has 6 heteroatoms. The van der Waals surface area contributed by atoms with Crippen molar-refractivity contribution in [2.45, 2.75) is 26.4 Å². The number of benzene rings is 1. The average molecular weight is 290 g/mol. The van der Waals surface area contributed by atoms with E-state index >= 15 is 0 Å². The van der Waals surface area contributed by atoms with Gasteiger partial charge in [-0.1, -0.05) is 44.2 Å². The highest BCUT2D eigenvalue weighted by molar-refractivity contribution is 5.89. The molecule has 1 aromatic carbocycles. The molecular weight excluding hydrogens is 272 g/mol. The summed E-state index contributed by atoms with van der Waals surface area (Å²) < 4.78 is 5.22. The molecule has 2 N–H and O–H groups in total. The van der Waals surface area contributed by atoms with E-state index in [1.807, 2.05) is 18.2 Å². The van der Waals surface area contributed by atoms with Crippen LogP contribution in [0.5, 0.6) is 0 Å². The van der Waals surface area contributed by atoms with Crippen LogP contribution in [0.2, 0.25) is 0 Å². The molecule has 2 rings (SSSR count). The fourth-order valence-electron chi connectivity index (χ4n) is 2.09. The van der Waals surface area contributed by atoms with Crippen molar-refractivity contribution in [1.82, 2.24) is 10.9 Å². The summed E-state index contributed by atoms with van der Waals surface area (Å²) in [6.45, 7) is 3.44. The van der Waals surface area contributed by atoms with E-state index in [2.05, 4.69) is 10.9 Å². The van der Waals surface area contributed by atoms with Crippen molar-refractivity contribution in [1.29, 1.82) is 0 Å². The van der Waals surface area contributed by atoms with E-state index < -0.39 is 23.9 Å². The first-order valence-corrected chi connectivity index (χ1v) is 6.83. The van der Waals surface area contributed by atoms with Crippen LogP contribution in [-0.2, 0) is 19.1 Å². The zero-order valence-corrected chi connectivity index (χ0v) is 12.0. The number of hydrazine groups is 1. The standard InChI is InChI=1S/C15H18N2O4/c1-9(2)14(19)16-17-15(20)11-8-12(18)21-13(11)10-6-4-3-5-7-10/h3-7,9,11,13H,8H2,1-2H3,(H,16,19)(H,17,20). The van der Waals surface area contributed by atoms with E-state index in [9.17, 15) is 14.4 Å². The van der Waals surface area contributed by atoms with Crippen LogP contribution in [0, 0.1) is 11.8 Å². The molecule has 0 radical (unpaired) electrons. The molecule has 1 saturated heterocycles. The van der Waals surface area contributed by atoms with Gasteiger partial charge in [-0.05, 0) is 5.56 Å². The molecule has 2 atom stereocenters. The number of ether oxygens (including phenoxy) is 1. The Morgan fingerprint density at radius 2 is 1.86 bits per heavy atom. The summed E-state index contributed by atoms with van der Waals surface area (Å²) in [5.74, 6) is -2.02. The largest absolute Gasteiger partial charge is 0.457 e. The number of amides is 2. The number of carbonyl (C=O) groups is 3. The van der Waals surface area contributed by atoms with Crippen molar-refractivity contribution in [3.05, 3.63) is 35.9 Å². The van der Waals surface area contributed by atoms with Gasteiger partial charge in [0.2, 0.25) is 11.8 Å². The van der Waals surface area contributed by atoms with Gasteiger partial charge in [-0.25, -0.2) is 0 Å². The Kier molecular flexibility index (Phi) is 4.57. The molecule has 0 bridgehead atoms. The summed E-state index contributed by atoms with van der Waals surface area (Å²) >= 11 is 0. The highest BCUT2D eigenvalue weighted by atomic mass is 16.6. The van der Waals surface area contributed by atoms with Crippen LogP contribution < -0.4 is 10.9 Å². The Bertz CT molecular complexity index is 542. The number of rotatable bonds is 3. The fraction of sp³-hybridized carbons (Fsp3) is 0.400. The second-order valence-electron chi connectivity index (χ2n) is 5.26. The molecular formula is C15H18N2O4. The number of esters is 1. The first kappa shape index (κ1) is 15.0. The van der Waals surface area contributed by atoms with E-state index in [0.29, 0.717) is 0 Å². The molecule has 1 aliphatic heterocycles. The van der Waals surface area contributed by atoms with Gasteiger partial charge in [-0.2, -0.15) is 0 Å². The van der Waals surface area contributed by atoms with E-state index in [1.54, 1.807) is 26.0 Å². The van der Waals surface area contributed by atoms with Crippen LogP contribution in [0.15, 0.2) is 30.3 Å². The molecule has 2 unspecified atom stereocenters. The summed E-state index contributed by atoms with van der Waals surface area (Å²) in [6, 6.07) is 9.08. The number of nitrogens with one attached hydrogen (secondary N) is 2. The van der Waals surface area contributed by atoms with Crippen LogP contribution in [0.1, 0.15) is 31.9 Å². The predicted octanol–water partition coefficient (Wildman–Crippen LogP) is 1.09. The summed E-state index contributed by atoms with van der Waals surface area (Å²) in [5.41, 5.74) is 5.46. The maximum absolute atomic E-state index is 12.1. The SMILES string of the molecule is CC(C)C(=O)NNC(=O)C1CC(=O)OC1c1ccccc1. The number of hydrogen-bond acceptors (Lipinski definition) is 4. The lowest BCUT2D eigenvalue weighted by Crippen LogP contribution is -2.46. The smallest absolute Gasteiger partial charge is 0.307 e. The molecule has 0 saturated carbocycles. The summed E-state index contributed by atoms with van der Waals surface area (Å²) in [4.78, 5) is 35.1. The van der Waals surface area contributed by atoms with Crippen LogP contribution in [-0.4, -0.2) is 17.8 Å². The fourth-order valence-corrected chi connectivity index (χ4v) is 2.09. The zero-order chi connectivity index (χ0) is 15.4. The molecule has 0 aromatic heterocycles. The summed E-state index contributed by atoms with van der Waals surface area (Å²) in [5, 5.41) is 0. The van der Waals surface area contributed by atoms with Crippen molar-refractivity contribution in [2.75, 3.05) is 0 Å². The van der Waals surface area contributed by atoms with E-state index in [1.165, 1.54) is 0 Å². The molecule has 0 spiro atoms. The Labute approximate surface area is 122 Å². The third kappa shape index (κ3) is 3.59. The van der Waals surface area contributed by atoms with Gasteiger partial charge >= 0.3 is 5.97 Å². The molecule has 0 aliphatic carbocycles. The third-order valence-corrected chi connectivity index (χ3v) is 3.31. The second-order valence-corrected chi connectivity index (χ2v) is 5.26. The maximum Gasteiger partial charge on any atom is 0.307 e. The van der Waals surface area contributed by atoms with E-state index in [4.69, 9.17) is 4.74 Å². The van der Waals surface area contributed by atoms with Gasteiger partial charge in [0.1, 0.15) is 6.10 Å². The van der Waals surface area contributed by atoms with E-state index in [-0.39, 0.29) is 18.2 Å². The van der Waals surface area contributed by atoms with Gasteiger partial charge < -0.3 is 4.74 Å². The molecule has 1 aromatic rings. The Morgan fingerprint density at radius 1 is 1.19 bits per heavy atom. The van der Waals surface area contributed by atoms with Gasteiger partial charge in [-0.3, -0.25) is 25.2 Å². The quantitative estimate of drug-likeness (QED) is 0.645. The lowest BCUT2D eigenvalue weighted by atomic mass is 9.95. The van der Waals surface area contributed by atoms with Gasteiger partial charge in [0, 0.05) is 5.92 Å². The van der Waals surface area contributed by atoms with Crippen molar-refractivity contribution in [3.8, 4) is 0 Å². The van der Waals surface area contributed by atoms with E-state index in [0.717, 1.165) is 5.56 Å². The van der Waals surface area contributed by atoms with Crippen LogP contribution in [0.4, 0.5) is 0 Å². The summed E-state index contributed by atoms with van der Waals surface area (Å²) in [6.07, 6.45) is -0.613. The lowest BCUT2D eigenvalue weighted by Gasteiger charge is -2.18. The number of carbonyl (C=O) groups excluding carboxylic acids is 3. The second kappa shape index (κ2) is 6.39. The van der Waals surface area contributed by atoms with Crippen molar-refractivity contribution in [2.24, 2.45) is 11.8 Å². The minimum Gasteiger partial charge on any atom is -0.457 e. The van der Waals surface area contributed by atoms with Crippen LogP contribution in [0.25, 0.3) is 0 Å². The molecule has 1 heterocycles. The van der Waals surface area contributed by atoms with Crippen LogP contribution >= 0.6 is 0 Å². The van der Waals surface area contributed by atoms with Gasteiger partial charge in [-0.15, -0.1) is 0 Å². The van der Waals surface area contributed by atoms with Gasteiger partial charge in [0.05, 0.1) is 12.3 Å². The summed E-state index contributed by atoms with van der Waals surface area (Å²) in [7, 11) is 0. The van der Waals surface area contributed by atoms with Gasteiger partial charge in [0.15, 0.2) is 0 Å². The Balaban J connectivity index is 2.04. The predicted molar refractivity (Wildman–Crippen MR) is 74.5 cm³/mol. The number of cyclic esters (lactones) is 1. The Hall–Kier alpha value is -2.37. The van der Waals surface area contributed by atoms with Crippen LogP contribution in [0.3, 0.4) is 0 Å². The minimum absolute atomic E-state index is 0.00292. The normalized spacial score (nSPS) is 21.0. The topological polar surface area (TPSA) is 84.5 Å². The maximum atomic E-state index is 12.1. The highest BCUT2D eigenvalue weighted by Gasteiger charge is 2.40. The first-order valence-electron chi connectivity index (χ1n) is 6.83. The third-order valence-electron chi connectivity index (χ3n) is 3.31.